The van der Waals surface area contributed by atoms with E-state index in [1.54, 1.807) is 0 Å². The molecule has 78 valence electrons. The third kappa shape index (κ3) is 2.55. The maximum Gasteiger partial charge on any atom is 0.0956 e. The standard InChI is InChI=1S/C11H18N2S/c1-3-8(2)11-13-7-10(14-11)6-12-9-4-5-9/h7-9,12H,3-6H2,1-2H3. The highest BCUT2D eigenvalue weighted by atomic mass is 32.1. The molecule has 1 atom stereocenters. The first-order valence-electron chi connectivity index (χ1n) is 5.47. The van der Waals surface area contributed by atoms with Crippen molar-refractivity contribution >= 4 is 11.3 Å². The van der Waals surface area contributed by atoms with Crippen molar-refractivity contribution in [1.82, 2.24) is 10.3 Å². The minimum Gasteiger partial charge on any atom is -0.309 e. The van der Waals surface area contributed by atoms with Gasteiger partial charge in [-0.25, -0.2) is 4.98 Å². The Morgan fingerprint density at radius 2 is 2.43 bits per heavy atom. The van der Waals surface area contributed by atoms with Gasteiger partial charge in [0.1, 0.15) is 0 Å². The second-order valence-electron chi connectivity index (χ2n) is 4.13. The molecule has 0 saturated heterocycles. The van der Waals surface area contributed by atoms with E-state index in [1.165, 1.54) is 29.1 Å². The van der Waals surface area contributed by atoms with Crippen molar-refractivity contribution in [1.29, 1.82) is 0 Å². The highest BCUT2D eigenvalue weighted by molar-refractivity contribution is 7.11. The van der Waals surface area contributed by atoms with Gasteiger partial charge in [-0.3, -0.25) is 0 Å². The van der Waals surface area contributed by atoms with E-state index in [4.69, 9.17) is 0 Å². The molecule has 0 radical (unpaired) electrons. The molecule has 2 nitrogen and oxygen atoms in total. The van der Waals surface area contributed by atoms with Crippen LogP contribution < -0.4 is 5.32 Å². The summed E-state index contributed by atoms with van der Waals surface area (Å²) < 4.78 is 0. The van der Waals surface area contributed by atoms with Crippen LogP contribution in [0.2, 0.25) is 0 Å². The molecule has 1 saturated carbocycles. The summed E-state index contributed by atoms with van der Waals surface area (Å²) in [5.41, 5.74) is 0. The zero-order valence-corrected chi connectivity index (χ0v) is 9.73. The first-order chi connectivity index (χ1) is 6.79. The van der Waals surface area contributed by atoms with Crippen LogP contribution in [0.4, 0.5) is 0 Å². The lowest BCUT2D eigenvalue weighted by Crippen LogP contribution is -2.14. The van der Waals surface area contributed by atoms with Gasteiger partial charge in [-0.05, 0) is 19.3 Å². The lowest BCUT2D eigenvalue weighted by Gasteiger charge is -2.02. The number of aromatic nitrogens is 1. The molecule has 1 fully saturated rings. The summed E-state index contributed by atoms with van der Waals surface area (Å²) in [4.78, 5) is 5.85. The number of hydrogen-bond acceptors (Lipinski definition) is 3. The predicted octanol–water partition coefficient (Wildman–Crippen LogP) is 2.91. The van der Waals surface area contributed by atoms with E-state index in [1.807, 2.05) is 17.5 Å². The van der Waals surface area contributed by atoms with E-state index in [2.05, 4.69) is 24.1 Å². The molecule has 14 heavy (non-hydrogen) atoms. The van der Waals surface area contributed by atoms with Crippen molar-refractivity contribution in [2.24, 2.45) is 0 Å². The van der Waals surface area contributed by atoms with E-state index in [0.717, 1.165) is 12.6 Å². The molecule has 1 aromatic rings. The van der Waals surface area contributed by atoms with Crippen LogP contribution in [0, 0.1) is 0 Å². The average molecular weight is 210 g/mol. The van der Waals surface area contributed by atoms with Crippen LogP contribution >= 0.6 is 11.3 Å². The van der Waals surface area contributed by atoms with Gasteiger partial charge in [0.05, 0.1) is 5.01 Å². The number of rotatable bonds is 5. The van der Waals surface area contributed by atoms with Crippen molar-refractivity contribution in [3.63, 3.8) is 0 Å². The lowest BCUT2D eigenvalue weighted by atomic mass is 10.1. The highest BCUT2D eigenvalue weighted by Crippen LogP contribution is 2.25. The normalized spacial score (nSPS) is 18.4. The first-order valence-corrected chi connectivity index (χ1v) is 6.29. The molecule has 1 aliphatic rings. The van der Waals surface area contributed by atoms with E-state index in [0.29, 0.717) is 5.92 Å². The van der Waals surface area contributed by atoms with Crippen molar-refractivity contribution in [2.45, 2.75) is 51.6 Å². The van der Waals surface area contributed by atoms with Gasteiger partial charge in [-0.1, -0.05) is 13.8 Å². The fraction of sp³-hybridized carbons (Fsp3) is 0.727. The number of nitrogens with one attached hydrogen (secondary N) is 1. The van der Waals surface area contributed by atoms with Gasteiger partial charge < -0.3 is 5.32 Å². The van der Waals surface area contributed by atoms with Crippen LogP contribution in [0.5, 0.6) is 0 Å². The third-order valence-electron chi connectivity index (χ3n) is 2.75. The average Bonchev–Trinajstić information content (AvgIpc) is 2.92. The lowest BCUT2D eigenvalue weighted by molar-refractivity contribution is 0.694. The van der Waals surface area contributed by atoms with Crippen LogP contribution in [0.15, 0.2) is 6.20 Å². The van der Waals surface area contributed by atoms with E-state index >= 15 is 0 Å². The van der Waals surface area contributed by atoms with Gasteiger partial charge in [-0.2, -0.15) is 0 Å². The molecule has 1 aromatic heterocycles. The minimum atomic E-state index is 0.620. The molecule has 3 heteroatoms. The van der Waals surface area contributed by atoms with Crippen LogP contribution in [0.25, 0.3) is 0 Å². The monoisotopic (exact) mass is 210 g/mol. The zero-order valence-electron chi connectivity index (χ0n) is 8.92. The Bertz CT molecular complexity index is 291. The summed E-state index contributed by atoms with van der Waals surface area (Å²) in [6.07, 6.45) is 5.93. The number of hydrogen-bond donors (Lipinski definition) is 1. The van der Waals surface area contributed by atoms with Crippen LogP contribution in [-0.4, -0.2) is 11.0 Å². The SMILES string of the molecule is CCC(C)c1ncc(CNC2CC2)s1. The largest absolute Gasteiger partial charge is 0.309 e. The summed E-state index contributed by atoms with van der Waals surface area (Å²) in [5.74, 6) is 0.620. The smallest absolute Gasteiger partial charge is 0.0956 e. The molecular formula is C11H18N2S. The molecule has 0 aromatic carbocycles. The highest BCUT2D eigenvalue weighted by Gasteiger charge is 2.20. The maximum atomic E-state index is 4.46. The Morgan fingerprint density at radius 1 is 1.64 bits per heavy atom. The Morgan fingerprint density at radius 3 is 3.07 bits per heavy atom. The minimum absolute atomic E-state index is 0.620. The van der Waals surface area contributed by atoms with Crippen LogP contribution in [0.1, 0.15) is 48.9 Å². The fourth-order valence-corrected chi connectivity index (χ4v) is 2.34. The Kier molecular flexibility index (Phi) is 3.19. The third-order valence-corrected chi connectivity index (χ3v) is 3.98. The molecule has 0 spiro atoms. The van der Waals surface area contributed by atoms with Crippen molar-refractivity contribution in [2.75, 3.05) is 0 Å². The van der Waals surface area contributed by atoms with E-state index in [9.17, 15) is 0 Å². The number of thiazole rings is 1. The van der Waals surface area contributed by atoms with Gasteiger partial charge in [0, 0.05) is 29.6 Å². The van der Waals surface area contributed by atoms with Crippen LogP contribution in [0.3, 0.4) is 0 Å². The molecule has 0 amide bonds. The molecule has 1 unspecified atom stereocenters. The first kappa shape index (κ1) is 10.1. The summed E-state index contributed by atoms with van der Waals surface area (Å²) in [5, 5.41) is 4.81. The summed E-state index contributed by atoms with van der Waals surface area (Å²) in [6, 6.07) is 0.796. The topological polar surface area (TPSA) is 24.9 Å². The molecular weight excluding hydrogens is 192 g/mol. The molecule has 1 heterocycles. The summed E-state index contributed by atoms with van der Waals surface area (Å²) >= 11 is 1.86. The molecule has 1 N–H and O–H groups in total. The predicted molar refractivity (Wildman–Crippen MR) is 60.7 cm³/mol. The van der Waals surface area contributed by atoms with E-state index < -0.39 is 0 Å². The van der Waals surface area contributed by atoms with Crippen molar-refractivity contribution in [3.8, 4) is 0 Å². The van der Waals surface area contributed by atoms with Crippen molar-refractivity contribution < 1.29 is 0 Å². The Balaban J connectivity index is 1.87. The quantitative estimate of drug-likeness (QED) is 0.808. The second kappa shape index (κ2) is 4.41. The van der Waals surface area contributed by atoms with Gasteiger partial charge in [-0.15, -0.1) is 11.3 Å². The molecule has 1 aliphatic carbocycles. The van der Waals surface area contributed by atoms with Gasteiger partial charge in [0.25, 0.3) is 0 Å². The molecule has 0 bridgehead atoms. The Hall–Kier alpha value is -0.410. The Labute approximate surface area is 89.8 Å². The van der Waals surface area contributed by atoms with E-state index in [-0.39, 0.29) is 0 Å². The number of nitrogens with zero attached hydrogens (tertiary/aromatic N) is 1. The maximum absolute atomic E-state index is 4.46. The molecule has 0 aliphatic heterocycles. The van der Waals surface area contributed by atoms with Gasteiger partial charge in [0.2, 0.25) is 0 Å². The van der Waals surface area contributed by atoms with Crippen molar-refractivity contribution in [3.05, 3.63) is 16.1 Å². The van der Waals surface area contributed by atoms with Gasteiger partial charge in [0.15, 0.2) is 0 Å². The van der Waals surface area contributed by atoms with Crippen LogP contribution in [-0.2, 0) is 6.54 Å². The fourth-order valence-electron chi connectivity index (χ4n) is 1.34. The second-order valence-corrected chi connectivity index (χ2v) is 5.28. The molecule has 2 rings (SSSR count). The van der Waals surface area contributed by atoms with Gasteiger partial charge >= 0.3 is 0 Å². The summed E-state index contributed by atoms with van der Waals surface area (Å²) in [7, 11) is 0. The summed E-state index contributed by atoms with van der Waals surface area (Å²) in [6.45, 7) is 5.48. The zero-order chi connectivity index (χ0) is 9.97.